The van der Waals surface area contributed by atoms with E-state index in [2.05, 4.69) is 0 Å². The van der Waals surface area contributed by atoms with Crippen molar-refractivity contribution in [3.8, 4) is 11.5 Å². The van der Waals surface area contributed by atoms with Crippen LogP contribution in [0, 0.1) is 0 Å². The summed E-state index contributed by atoms with van der Waals surface area (Å²) in [6.45, 7) is 5.54. The van der Waals surface area contributed by atoms with E-state index in [-0.39, 0.29) is 12.1 Å². The summed E-state index contributed by atoms with van der Waals surface area (Å²) in [5, 5.41) is 0. The fourth-order valence-electron chi connectivity index (χ4n) is 2.57. The van der Waals surface area contributed by atoms with Crippen LogP contribution < -0.4 is 9.47 Å². The summed E-state index contributed by atoms with van der Waals surface area (Å²) in [5.41, 5.74) is 0.391. The molecule has 0 amide bonds. The third kappa shape index (κ3) is 5.62. The maximum Gasteiger partial charge on any atom is 0.331 e. The van der Waals surface area contributed by atoms with Gasteiger partial charge in [0.25, 0.3) is 0 Å². The lowest BCUT2D eigenvalue weighted by Gasteiger charge is -2.18. The zero-order valence-electron chi connectivity index (χ0n) is 14.4. The van der Waals surface area contributed by atoms with Crippen molar-refractivity contribution in [1.29, 1.82) is 0 Å². The summed E-state index contributed by atoms with van der Waals surface area (Å²) >= 11 is 0. The van der Waals surface area contributed by atoms with E-state index in [1.54, 1.807) is 13.2 Å². The summed E-state index contributed by atoms with van der Waals surface area (Å²) in [7, 11) is 1.63. The smallest absolute Gasteiger partial charge is 0.331 e. The van der Waals surface area contributed by atoms with Crippen LogP contribution in [0.15, 0.2) is 24.3 Å². The van der Waals surface area contributed by atoms with Gasteiger partial charge in [-0.05, 0) is 70.2 Å². The Balaban J connectivity index is 2.08. The van der Waals surface area contributed by atoms with Crippen molar-refractivity contribution in [3.63, 3.8) is 0 Å². The average Bonchev–Trinajstić information content (AvgIpc) is 2.96. The third-order valence-corrected chi connectivity index (χ3v) is 3.60. The van der Waals surface area contributed by atoms with Crippen LogP contribution in [0.5, 0.6) is 11.5 Å². The largest absolute Gasteiger partial charge is 0.493 e. The molecule has 1 fully saturated rings. The topological polar surface area (TPSA) is 44.8 Å². The van der Waals surface area contributed by atoms with Crippen LogP contribution in [0.4, 0.5) is 0 Å². The van der Waals surface area contributed by atoms with Gasteiger partial charge in [-0.15, -0.1) is 0 Å². The molecule has 0 radical (unpaired) electrons. The van der Waals surface area contributed by atoms with E-state index in [0.29, 0.717) is 5.75 Å². The molecule has 0 atom stereocenters. The minimum absolute atomic E-state index is 0.258. The number of methoxy groups -OCH3 is 1. The summed E-state index contributed by atoms with van der Waals surface area (Å²) in [4.78, 5) is 11.8. The highest BCUT2D eigenvalue weighted by Gasteiger charge is 2.18. The van der Waals surface area contributed by atoms with Crippen molar-refractivity contribution in [1.82, 2.24) is 0 Å². The molecular weight excluding hydrogens is 292 g/mol. The number of benzene rings is 1. The van der Waals surface area contributed by atoms with Crippen LogP contribution in [0.25, 0.3) is 6.08 Å². The van der Waals surface area contributed by atoms with E-state index >= 15 is 0 Å². The molecule has 1 aliphatic rings. The summed E-state index contributed by atoms with van der Waals surface area (Å²) < 4.78 is 16.7. The first-order valence-corrected chi connectivity index (χ1v) is 8.13. The molecule has 1 aliphatic carbocycles. The minimum atomic E-state index is -0.488. The van der Waals surface area contributed by atoms with Crippen LogP contribution in [0.2, 0.25) is 0 Å². The second-order valence-corrected chi connectivity index (χ2v) is 6.80. The highest BCUT2D eigenvalue weighted by atomic mass is 16.6. The molecule has 1 aromatic rings. The van der Waals surface area contributed by atoms with Gasteiger partial charge in [-0.1, -0.05) is 6.07 Å². The number of carbonyl (C=O) groups excluding carboxylic acids is 1. The van der Waals surface area contributed by atoms with Gasteiger partial charge in [-0.2, -0.15) is 0 Å². The van der Waals surface area contributed by atoms with E-state index < -0.39 is 5.60 Å². The van der Waals surface area contributed by atoms with Gasteiger partial charge in [0.15, 0.2) is 11.5 Å². The highest BCUT2D eigenvalue weighted by Crippen LogP contribution is 2.32. The molecule has 126 valence electrons. The molecule has 0 N–H and O–H groups in total. The van der Waals surface area contributed by atoms with Crippen molar-refractivity contribution < 1.29 is 19.0 Å². The lowest BCUT2D eigenvalue weighted by molar-refractivity contribution is -0.148. The predicted molar refractivity (Wildman–Crippen MR) is 90.8 cm³/mol. The minimum Gasteiger partial charge on any atom is -0.493 e. The summed E-state index contributed by atoms with van der Waals surface area (Å²) in [5.74, 6) is 1.09. The van der Waals surface area contributed by atoms with E-state index in [9.17, 15) is 4.79 Å². The van der Waals surface area contributed by atoms with Gasteiger partial charge in [0.05, 0.1) is 13.2 Å². The fourth-order valence-corrected chi connectivity index (χ4v) is 2.57. The molecule has 1 saturated carbocycles. The van der Waals surface area contributed by atoms with Crippen LogP contribution in [0.3, 0.4) is 0 Å². The molecule has 0 aromatic heterocycles. The molecule has 2 rings (SSSR count). The number of carbonyl (C=O) groups is 1. The average molecular weight is 318 g/mol. The summed E-state index contributed by atoms with van der Waals surface area (Å²) in [6, 6.07) is 5.65. The maximum atomic E-state index is 11.8. The number of esters is 1. The number of hydrogen-bond acceptors (Lipinski definition) is 4. The Labute approximate surface area is 138 Å². The molecule has 0 heterocycles. The molecule has 0 bridgehead atoms. The lowest BCUT2D eigenvalue weighted by Crippen LogP contribution is -2.22. The zero-order chi connectivity index (χ0) is 16.9. The van der Waals surface area contributed by atoms with E-state index in [1.165, 1.54) is 18.9 Å². The maximum absolute atomic E-state index is 11.8. The van der Waals surface area contributed by atoms with Crippen LogP contribution in [-0.4, -0.2) is 24.8 Å². The van der Waals surface area contributed by atoms with Gasteiger partial charge in [0.1, 0.15) is 5.60 Å². The molecule has 4 heteroatoms. The van der Waals surface area contributed by atoms with Crippen LogP contribution in [-0.2, 0) is 9.53 Å². The van der Waals surface area contributed by atoms with Crippen molar-refractivity contribution in [2.75, 3.05) is 7.11 Å². The summed E-state index contributed by atoms with van der Waals surface area (Å²) in [6.07, 6.45) is 8.02. The van der Waals surface area contributed by atoms with Gasteiger partial charge < -0.3 is 14.2 Å². The number of rotatable bonds is 5. The Kier molecular flexibility index (Phi) is 5.69. The number of hydrogen-bond donors (Lipinski definition) is 0. The second-order valence-electron chi connectivity index (χ2n) is 6.80. The Hall–Kier alpha value is -1.97. The van der Waals surface area contributed by atoms with Gasteiger partial charge in [-0.3, -0.25) is 0 Å². The van der Waals surface area contributed by atoms with E-state index in [4.69, 9.17) is 14.2 Å². The highest BCUT2D eigenvalue weighted by molar-refractivity contribution is 5.87. The molecule has 1 aromatic carbocycles. The van der Waals surface area contributed by atoms with Gasteiger partial charge in [0, 0.05) is 6.08 Å². The molecule has 23 heavy (non-hydrogen) atoms. The van der Waals surface area contributed by atoms with Crippen molar-refractivity contribution in [2.45, 2.75) is 58.2 Å². The van der Waals surface area contributed by atoms with Crippen molar-refractivity contribution in [3.05, 3.63) is 29.8 Å². The lowest BCUT2D eigenvalue weighted by atomic mass is 10.1. The van der Waals surface area contributed by atoms with E-state index in [0.717, 1.165) is 24.2 Å². The fraction of sp³-hybridized carbons (Fsp3) is 0.526. The Morgan fingerprint density at radius 3 is 2.48 bits per heavy atom. The molecule has 0 spiro atoms. The first-order valence-electron chi connectivity index (χ1n) is 8.13. The second kappa shape index (κ2) is 7.53. The normalized spacial score (nSPS) is 15.8. The van der Waals surface area contributed by atoms with Gasteiger partial charge >= 0.3 is 5.97 Å². The quantitative estimate of drug-likeness (QED) is 0.597. The zero-order valence-corrected chi connectivity index (χ0v) is 14.4. The predicted octanol–water partition coefficient (Wildman–Crippen LogP) is 4.37. The van der Waals surface area contributed by atoms with E-state index in [1.807, 2.05) is 39.0 Å². The van der Waals surface area contributed by atoms with Gasteiger partial charge in [0.2, 0.25) is 0 Å². The van der Waals surface area contributed by atoms with Gasteiger partial charge in [-0.25, -0.2) is 4.79 Å². The van der Waals surface area contributed by atoms with Crippen molar-refractivity contribution >= 4 is 12.0 Å². The molecule has 0 saturated heterocycles. The standard InChI is InChI=1S/C19H26O4/c1-19(2,3)23-18(20)12-10-14-9-11-16(21-4)17(13-14)22-15-7-5-6-8-15/h9-13,15H,5-8H2,1-4H3. The first kappa shape index (κ1) is 17.4. The third-order valence-electron chi connectivity index (χ3n) is 3.60. The Bertz CT molecular complexity index is 563. The van der Waals surface area contributed by atoms with Crippen LogP contribution >= 0.6 is 0 Å². The molecular formula is C19H26O4. The van der Waals surface area contributed by atoms with Crippen molar-refractivity contribution in [2.24, 2.45) is 0 Å². The monoisotopic (exact) mass is 318 g/mol. The van der Waals surface area contributed by atoms with Crippen LogP contribution in [0.1, 0.15) is 52.0 Å². The molecule has 0 aliphatic heterocycles. The Morgan fingerprint density at radius 2 is 1.87 bits per heavy atom. The molecule has 4 nitrogen and oxygen atoms in total. The Morgan fingerprint density at radius 1 is 1.17 bits per heavy atom. The number of ether oxygens (including phenoxy) is 3. The molecule has 0 unspecified atom stereocenters. The first-order chi connectivity index (χ1) is 10.9. The SMILES string of the molecule is COc1ccc(C=CC(=O)OC(C)(C)C)cc1OC1CCCC1.